The Hall–Kier alpha value is -1.73. The molecule has 22 heavy (non-hydrogen) atoms. The molecular weight excluding hydrogens is 374 g/mol. The van der Waals surface area contributed by atoms with Crippen molar-refractivity contribution >= 4 is 27.7 Å². The Balaban J connectivity index is 1.75. The van der Waals surface area contributed by atoms with Crippen LogP contribution in [-0.2, 0) is 5.75 Å². The molecule has 0 fully saturated rings. The minimum Gasteiger partial charge on any atom is -0.420 e. The summed E-state index contributed by atoms with van der Waals surface area (Å²) in [4.78, 5) is 0.209. The number of benzene rings is 2. The molecule has 3 nitrogen and oxygen atoms in total. The molecule has 0 bridgehead atoms. The first-order valence-corrected chi connectivity index (χ1v) is 8.06. The van der Waals surface area contributed by atoms with Crippen LogP contribution in [0.2, 0.25) is 0 Å². The topological polar surface area (TPSA) is 38.9 Å². The van der Waals surface area contributed by atoms with Gasteiger partial charge in [0.15, 0.2) is 0 Å². The first-order chi connectivity index (χ1) is 10.6. The molecular formula is C15H9BrF2N2OS. The van der Waals surface area contributed by atoms with Crippen LogP contribution >= 0.6 is 27.7 Å². The van der Waals surface area contributed by atoms with Gasteiger partial charge in [-0.05, 0) is 46.3 Å². The quantitative estimate of drug-likeness (QED) is 0.590. The van der Waals surface area contributed by atoms with E-state index in [1.165, 1.54) is 0 Å². The lowest BCUT2D eigenvalue weighted by Gasteiger charge is -2.01. The van der Waals surface area contributed by atoms with Crippen molar-refractivity contribution in [3.8, 4) is 11.5 Å². The fourth-order valence-electron chi connectivity index (χ4n) is 1.78. The van der Waals surface area contributed by atoms with Gasteiger partial charge in [-0.15, -0.1) is 22.0 Å². The van der Waals surface area contributed by atoms with E-state index in [9.17, 15) is 8.78 Å². The SMILES string of the molecule is Fc1ccc(F)c(SCc2nnc(-c3ccccc3Br)o2)c1. The summed E-state index contributed by atoms with van der Waals surface area (Å²) in [5, 5.41) is 7.90. The lowest BCUT2D eigenvalue weighted by Crippen LogP contribution is -1.86. The molecule has 7 heteroatoms. The summed E-state index contributed by atoms with van der Waals surface area (Å²) in [7, 11) is 0. The van der Waals surface area contributed by atoms with Gasteiger partial charge in [-0.2, -0.15) is 0 Å². The molecule has 1 heterocycles. The molecule has 0 spiro atoms. The highest BCUT2D eigenvalue weighted by Gasteiger charge is 2.12. The largest absolute Gasteiger partial charge is 0.420 e. The molecule has 0 unspecified atom stereocenters. The van der Waals surface area contributed by atoms with Gasteiger partial charge in [0.25, 0.3) is 0 Å². The van der Waals surface area contributed by atoms with Crippen molar-refractivity contribution < 1.29 is 13.2 Å². The van der Waals surface area contributed by atoms with E-state index in [1.54, 1.807) is 0 Å². The second-order valence-corrected chi connectivity index (χ2v) is 6.22. The fraction of sp³-hybridized carbons (Fsp3) is 0.0667. The standard InChI is InChI=1S/C15H9BrF2N2OS/c16-11-4-2-1-3-10(11)15-20-19-14(21-15)8-22-13-7-9(17)5-6-12(13)18/h1-7H,8H2. The minimum atomic E-state index is -0.483. The third-order valence-electron chi connectivity index (χ3n) is 2.82. The number of nitrogens with zero attached hydrogens (tertiary/aromatic N) is 2. The highest BCUT2D eigenvalue weighted by Crippen LogP contribution is 2.29. The van der Waals surface area contributed by atoms with Crippen LogP contribution in [0.1, 0.15) is 5.89 Å². The molecule has 0 aliphatic heterocycles. The smallest absolute Gasteiger partial charge is 0.248 e. The van der Waals surface area contributed by atoms with E-state index in [0.29, 0.717) is 11.8 Å². The molecule has 0 aliphatic rings. The van der Waals surface area contributed by atoms with Crippen LogP contribution in [0.15, 0.2) is 56.2 Å². The summed E-state index contributed by atoms with van der Waals surface area (Å²) in [6, 6.07) is 10.8. The molecule has 1 aromatic heterocycles. The number of hydrogen-bond acceptors (Lipinski definition) is 4. The summed E-state index contributed by atoms with van der Waals surface area (Å²) < 4.78 is 33.0. The maximum atomic E-state index is 13.5. The molecule has 0 amide bonds. The monoisotopic (exact) mass is 382 g/mol. The van der Waals surface area contributed by atoms with Crippen molar-refractivity contribution in [2.45, 2.75) is 10.6 Å². The normalized spacial score (nSPS) is 10.9. The number of halogens is 3. The molecule has 0 N–H and O–H groups in total. The molecule has 112 valence electrons. The number of hydrogen-bond donors (Lipinski definition) is 0. The van der Waals surface area contributed by atoms with E-state index < -0.39 is 11.6 Å². The molecule has 0 saturated carbocycles. The third kappa shape index (κ3) is 3.36. The molecule has 0 atom stereocenters. The van der Waals surface area contributed by atoms with Crippen LogP contribution in [0.4, 0.5) is 8.78 Å². The predicted octanol–water partition coefficient (Wildman–Crippen LogP) is 5.07. The van der Waals surface area contributed by atoms with E-state index >= 15 is 0 Å². The lowest BCUT2D eigenvalue weighted by molar-refractivity contribution is 0.527. The third-order valence-corrected chi connectivity index (χ3v) is 4.52. The van der Waals surface area contributed by atoms with Crippen LogP contribution in [0, 0.1) is 11.6 Å². The Bertz CT molecular complexity index is 810. The van der Waals surface area contributed by atoms with Gasteiger partial charge in [0.2, 0.25) is 11.8 Å². The Kier molecular flexibility index (Phi) is 4.54. The van der Waals surface area contributed by atoms with Crippen molar-refractivity contribution in [3.63, 3.8) is 0 Å². The van der Waals surface area contributed by atoms with Crippen LogP contribution < -0.4 is 0 Å². The van der Waals surface area contributed by atoms with E-state index in [4.69, 9.17) is 4.42 Å². The summed E-state index contributed by atoms with van der Waals surface area (Å²) >= 11 is 4.52. The minimum absolute atomic E-state index is 0.209. The van der Waals surface area contributed by atoms with E-state index in [-0.39, 0.29) is 10.6 Å². The molecule has 0 radical (unpaired) electrons. The Morgan fingerprint density at radius 2 is 1.91 bits per heavy atom. The fourth-order valence-corrected chi connectivity index (χ4v) is 3.03. The predicted molar refractivity (Wildman–Crippen MR) is 83.4 cm³/mol. The van der Waals surface area contributed by atoms with Crippen LogP contribution in [0.3, 0.4) is 0 Å². The summed E-state index contributed by atoms with van der Waals surface area (Å²) in [5.41, 5.74) is 0.781. The van der Waals surface area contributed by atoms with Gasteiger partial charge in [-0.3, -0.25) is 0 Å². The number of rotatable bonds is 4. The summed E-state index contributed by atoms with van der Waals surface area (Å²) in [6.45, 7) is 0. The Morgan fingerprint density at radius 1 is 1.09 bits per heavy atom. The van der Waals surface area contributed by atoms with Gasteiger partial charge < -0.3 is 4.42 Å². The lowest BCUT2D eigenvalue weighted by atomic mass is 10.2. The average Bonchev–Trinajstić information content (AvgIpc) is 2.97. The van der Waals surface area contributed by atoms with Gasteiger partial charge in [0, 0.05) is 9.37 Å². The average molecular weight is 383 g/mol. The van der Waals surface area contributed by atoms with E-state index in [1.807, 2.05) is 24.3 Å². The Morgan fingerprint density at radius 3 is 2.73 bits per heavy atom. The van der Waals surface area contributed by atoms with Gasteiger partial charge in [0.1, 0.15) is 11.6 Å². The first-order valence-electron chi connectivity index (χ1n) is 6.28. The maximum absolute atomic E-state index is 13.5. The first kappa shape index (κ1) is 15.2. The van der Waals surface area contributed by atoms with Gasteiger partial charge in [-0.1, -0.05) is 12.1 Å². The van der Waals surface area contributed by atoms with Gasteiger partial charge in [0.05, 0.1) is 11.3 Å². The number of aromatic nitrogens is 2. The van der Waals surface area contributed by atoms with Crippen molar-refractivity contribution in [1.82, 2.24) is 10.2 Å². The van der Waals surface area contributed by atoms with Crippen molar-refractivity contribution in [2.24, 2.45) is 0 Å². The molecule has 3 aromatic rings. The van der Waals surface area contributed by atoms with Crippen LogP contribution in [0.5, 0.6) is 0 Å². The van der Waals surface area contributed by atoms with Crippen LogP contribution in [0.25, 0.3) is 11.5 Å². The molecule has 0 aliphatic carbocycles. The van der Waals surface area contributed by atoms with Crippen molar-refractivity contribution in [1.29, 1.82) is 0 Å². The zero-order valence-electron chi connectivity index (χ0n) is 11.1. The van der Waals surface area contributed by atoms with Crippen molar-refractivity contribution in [3.05, 3.63) is 64.5 Å². The highest BCUT2D eigenvalue weighted by molar-refractivity contribution is 9.10. The van der Waals surface area contributed by atoms with Gasteiger partial charge in [-0.25, -0.2) is 8.78 Å². The molecule has 3 rings (SSSR count). The molecule has 2 aromatic carbocycles. The second kappa shape index (κ2) is 6.58. The summed E-state index contributed by atoms with van der Waals surface area (Å²) in [6.07, 6.45) is 0. The van der Waals surface area contributed by atoms with E-state index in [0.717, 1.165) is 40.0 Å². The maximum Gasteiger partial charge on any atom is 0.248 e. The zero-order valence-corrected chi connectivity index (χ0v) is 13.5. The second-order valence-electron chi connectivity index (χ2n) is 4.34. The van der Waals surface area contributed by atoms with Crippen LogP contribution in [-0.4, -0.2) is 10.2 Å². The number of thioether (sulfide) groups is 1. The van der Waals surface area contributed by atoms with E-state index in [2.05, 4.69) is 26.1 Å². The Labute approximate surface area is 137 Å². The highest BCUT2D eigenvalue weighted by atomic mass is 79.9. The zero-order chi connectivity index (χ0) is 15.5. The van der Waals surface area contributed by atoms with Crippen molar-refractivity contribution in [2.75, 3.05) is 0 Å². The summed E-state index contributed by atoms with van der Waals surface area (Å²) in [5.74, 6) is 0.0279. The van der Waals surface area contributed by atoms with Gasteiger partial charge >= 0.3 is 0 Å². The molecule has 0 saturated heterocycles.